The Balaban J connectivity index is 2.94. The van der Waals surface area contributed by atoms with E-state index >= 15 is 0 Å². The van der Waals surface area contributed by atoms with E-state index in [0.29, 0.717) is 0 Å². The van der Waals surface area contributed by atoms with Crippen LogP contribution >= 0.6 is 0 Å². The standard InChI is InChI=1S/C16H30N4/c1-7-20(10-8-9-19(5)6)16-15(12-17-4)13(2)11-14(3)18-16/h11,17H,7-10,12H2,1-6H3. The van der Waals surface area contributed by atoms with Gasteiger partial charge in [-0.25, -0.2) is 4.98 Å². The Labute approximate surface area is 124 Å². The maximum atomic E-state index is 4.79. The predicted molar refractivity (Wildman–Crippen MR) is 87.5 cm³/mol. The first kappa shape index (κ1) is 16.9. The molecule has 0 aromatic carbocycles. The molecule has 0 aliphatic carbocycles. The Morgan fingerprint density at radius 3 is 2.45 bits per heavy atom. The van der Waals surface area contributed by atoms with Crippen molar-refractivity contribution in [2.24, 2.45) is 0 Å². The summed E-state index contributed by atoms with van der Waals surface area (Å²) in [6, 6.07) is 2.17. The van der Waals surface area contributed by atoms with E-state index in [1.54, 1.807) is 0 Å². The van der Waals surface area contributed by atoms with Gasteiger partial charge in [-0.15, -0.1) is 0 Å². The van der Waals surface area contributed by atoms with Crippen molar-refractivity contribution in [1.82, 2.24) is 15.2 Å². The van der Waals surface area contributed by atoms with Crippen molar-refractivity contribution < 1.29 is 0 Å². The number of hydrogen-bond donors (Lipinski definition) is 1. The number of hydrogen-bond acceptors (Lipinski definition) is 4. The van der Waals surface area contributed by atoms with Crippen LogP contribution in [0.3, 0.4) is 0 Å². The summed E-state index contributed by atoms with van der Waals surface area (Å²) in [6.07, 6.45) is 1.16. The van der Waals surface area contributed by atoms with Crippen LogP contribution in [0.25, 0.3) is 0 Å². The van der Waals surface area contributed by atoms with Crippen LogP contribution in [0.1, 0.15) is 30.2 Å². The fourth-order valence-corrected chi connectivity index (χ4v) is 2.49. The molecule has 0 aliphatic rings. The summed E-state index contributed by atoms with van der Waals surface area (Å²) in [5.74, 6) is 1.15. The number of anilines is 1. The lowest BCUT2D eigenvalue weighted by Gasteiger charge is -2.26. The summed E-state index contributed by atoms with van der Waals surface area (Å²) in [5.41, 5.74) is 3.75. The van der Waals surface area contributed by atoms with Crippen molar-refractivity contribution in [3.63, 3.8) is 0 Å². The van der Waals surface area contributed by atoms with E-state index in [4.69, 9.17) is 4.98 Å². The summed E-state index contributed by atoms with van der Waals surface area (Å²) in [5, 5.41) is 3.26. The molecule has 4 nitrogen and oxygen atoms in total. The highest BCUT2D eigenvalue weighted by Gasteiger charge is 2.14. The van der Waals surface area contributed by atoms with Crippen molar-refractivity contribution >= 4 is 5.82 Å². The second kappa shape index (κ2) is 8.22. The molecule has 0 atom stereocenters. The normalized spacial score (nSPS) is 11.2. The van der Waals surface area contributed by atoms with Gasteiger partial charge in [-0.1, -0.05) is 0 Å². The number of pyridine rings is 1. The lowest BCUT2D eigenvalue weighted by molar-refractivity contribution is 0.400. The summed E-state index contributed by atoms with van der Waals surface area (Å²) in [7, 11) is 6.24. The molecule has 4 heteroatoms. The quantitative estimate of drug-likeness (QED) is 0.790. The van der Waals surface area contributed by atoms with E-state index in [1.807, 2.05) is 7.05 Å². The second-order valence-corrected chi connectivity index (χ2v) is 5.65. The number of nitrogens with one attached hydrogen (secondary N) is 1. The molecule has 20 heavy (non-hydrogen) atoms. The smallest absolute Gasteiger partial charge is 0.133 e. The van der Waals surface area contributed by atoms with Crippen molar-refractivity contribution in [1.29, 1.82) is 0 Å². The molecule has 0 fully saturated rings. The van der Waals surface area contributed by atoms with Gasteiger partial charge in [-0.05, 0) is 66.5 Å². The molecule has 0 saturated heterocycles. The molecular formula is C16H30N4. The maximum absolute atomic E-state index is 4.79. The molecular weight excluding hydrogens is 248 g/mol. The molecule has 1 heterocycles. The Morgan fingerprint density at radius 2 is 1.90 bits per heavy atom. The molecule has 0 bridgehead atoms. The largest absolute Gasteiger partial charge is 0.357 e. The van der Waals surface area contributed by atoms with Gasteiger partial charge in [0.25, 0.3) is 0 Å². The molecule has 0 aliphatic heterocycles. The van der Waals surface area contributed by atoms with Crippen LogP contribution in [-0.4, -0.2) is 50.7 Å². The van der Waals surface area contributed by atoms with Crippen molar-refractivity contribution in [2.45, 2.75) is 33.7 Å². The van der Waals surface area contributed by atoms with Crippen molar-refractivity contribution in [3.05, 3.63) is 22.9 Å². The minimum Gasteiger partial charge on any atom is -0.357 e. The van der Waals surface area contributed by atoms with E-state index in [-0.39, 0.29) is 0 Å². The van der Waals surface area contributed by atoms with Gasteiger partial charge in [0.15, 0.2) is 0 Å². The van der Waals surface area contributed by atoms with E-state index in [2.05, 4.69) is 56.0 Å². The first-order chi connectivity index (χ1) is 9.49. The lowest BCUT2D eigenvalue weighted by Crippen LogP contribution is -2.29. The van der Waals surface area contributed by atoms with Gasteiger partial charge in [0.1, 0.15) is 5.82 Å². The third-order valence-electron chi connectivity index (χ3n) is 3.52. The fourth-order valence-electron chi connectivity index (χ4n) is 2.49. The molecule has 1 N–H and O–H groups in total. The Hall–Kier alpha value is -1.13. The highest BCUT2D eigenvalue weighted by atomic mass is 15.2. The second-order valence-electron chi connectivity index (χ2n) is 5.65. The number of rotatable bonds is 8. The van der Waals surface area contributed by atoms with Crippen LogP contribution in [0.2, 0.25) is 0 Å². The van der Waals surface area contributed by atoms with Gasteiger partial charge in [0.2, 0.25) is 0 Å². The molecule has 1 aromatic rings. The minimum atomic E-state index is 0.874. The van der Waals surface area contributed by atoms with Gasteiger partial charge >= 0.3 is 0 Å². The molecule has 0 spiro atoms. The lowest BCUT2D eigenvalue weighted by atomic mass is 10.1. The van der Waals surface area contributed by atoms with Gasteiger partial charge in [0, 0.05) is 30.9 Å². The summed E-state index contributed by atoms with van der Waals surface area (Å²) >= 11 is 0. The Morgan fingerprint density at radius 1 is 1.20 bits per heavy atom. The first-order valence-corrected chi connectivity index (χ1v) is 7.51. The highest BCUT2D eigenvalue weighted by Crippen LogP contribution is 2.22. The van der Waals surface area contributed by atoms with Crippen molar-refractivity contribution in [3.8, 4) is 0 Å². The topological polar surface area (TPSA) is 31.4 Å². The van der Waals surface area contributed by atoms with E-state index in [0.717, 1.165) is 44.1 Å². The van der Waals surface area contributed by atoms with Gasteiger partial charge in [0.05, 0.1) is 0 Å². The zero-order valence-electron chi connectivity index (χ0n) is 14.0. The third-order valence-corrected chi connectivity index (χ3v) is 3.52. The molecule has 1 aromatic heterocycles. The zero-order chi connectivity index (χ0) is 15.1. The Bertz CT molecular complexity index is 415. The first-order valence-electron chi connectivity index (χ1n) is 7.51. The molecule has 1 rings (SSSR count). The predicted octanol–water partition coefficient (Wildman–Crippen LogP) is 2.20. The fraction of sp³-hybridized carbons (Fsp3) is 0.688. The third kappa shape index (κ3) is 4.76. The van der Waals surface area contributed by atoms with E-state index in [9.17, 15) is 0 Å². The summed E-state index contributed by atoms with van der Waals surface area (Å²) in [4.78, 5) is 9.43. The van der Waals surface area contributed by atoms with Crippen LogP contribution in [0.15, 0.2) is 6.07 Å². The minimum absolute atomic E-state index is 0.874. The average Bonchev–Trinajstić information content (AvgIpc) is 2.37. The molecule has 114 valence electrons. The monoisotopic (exact) mass is 278 g/mol. The van der Waals surface area contributed by atoms with Gasteiger partial charge < -0.3 is 15.1 Å². The van der Waals surface area contributed by atoms with Crippen LogP contribution in [0, 0.1) is 13.8 Å². The highest BCUT2D eigenvalue weighted by molar-refractivity contribution is 5.51. The van der Waals surface area contributed by atoms with Gasteiger partial charge in [-0.3, -0.25) is 0 Å². The molecule has 0 unspecified atom stereocenters. The SMILES string of the molecule is CCN(CCCN(C)C)c1nc(C)cc(C)c1CNC. The number of nitrogens with zero attached hydrogens (tertiary/aromatic N) is 3. The van der Waals surface area contributed by atoms with E-state index < -0.39 is 0 Å². The average molecular weight is 278 g/mol. The maximum Gasteiger partial charge on any atom is 0.133 e. The molecule has 0 amide bonds. The Kier molecular flexibility index (Phi) is 6.96. The molecule has 0 saturated carbocycles. The zero-order valence-corrected chi connectivity index (χ0v) is 14.0. The van der Waals surface area contributed by atoms with Crippen LogP contribution < -0.4 is 10.2 Å². The van der Waals surface area contributed by atoms with Crippen LogP contribution in [0.5, 0.6) is 0 Å². The van der Waals surface area contributed by atoms with Crippen molar-refractivity contribution in [2.75, 3.05) is 45.7 Å². The summed E-state index contributed by atoms with van der Waals surface area (Å²) < 4.78 is 0. The summed E-state index contributed by atoms with van der Waals surface area (Å²) in [6.45, 7) is 10.5. The van der Waals surface area contributed by atoms with Gasteiger partial charge in [-0.2, -0.15) is 0 Å². The number of aromatic nitrogens is 1. The number of aryl methyl sites for hydroxylation is 2. The molecule has 0 radical (unpaired) electrons. The van der Waals surface area contributed by atoms with Crippen LogP contribution in [-0.2, 0) is 6.54 Å². The van der Waals surface area contributed by atoms with E-state index in [1.165, 1.54) is 11.1 Å². The van der Waals surface area contributed by atoms with Crippen LogP contribution in [0.4, 0.5) is 5.82 Å².